The molecule has 0 saturated carbocycles. The van der Waals surface area contributed by atoms with Crippen LogP contribution in [0.4, 0.5) is 5.69 Å². The Kier molecular flexibility index (Phi) is 2.71. The Morgan fingerprint density at radius 2 is 1.95 bits per heavy atom. The van der Waals surface area contributed by atoms with Gasteiger partial charge in [0.2, 0.25) is 0 Å². The van der Waals surface area contributed by atoms with Crippen molar-refractivity contribution >= 4 is 16.6 Å². The molecule has 3 rings (SSSR count). The van der Waals surface area contributed by atoms with E-state index in [-0.39, 0.29) is 0 Å². The topological polar surface area (TPSA) is 34.0 Å². The Hall–Kier alpha value is -2.36. The van der Waals surface area contributed by atoms with E-state index in [1.54, 1.807) is 4.68 Å². The molecule has 4 heteroatoms. The Labute approximate surface area is 112 Å². The van der Waals surface area contributed by atoms with Gasteiger partial charge in [-0.05, 0) is 18.2 Å². The fraction of sp³-hybridized carbons (Fsp3) is 0.200. The van der Waals surface area contributed by atoms with Crippen LogP contribution in [-0.2, 0) is 7.05 Å². The third-order valence-electron chi connectivity index (χ3n) is 3.22. The van der Waals surface area contributed by atoms with Crippen molar-refractivity contribution in [3.63, 3.8) is 0 Å². The summed E-state index contributed by atoms with van der Waals surface area (Å²) in [6.07, 6.45) is 5.76. The quantitative estimate of drug-likeness (QED) is 0.703. The molecule has 4 nitrogen and oxygen atoms in total. The number of fused-ring (bicyclic) bond motifs is 1. The predicted molar refractivity (Wildman–Crippen MR) is 78.3 cm³/mol. The molecule has 0 amide bonds. The van der Waals surface area contributed by atoms with Crippen LogP contribution in [-0.4, -0.2) is 28.9 Å². The molecule has 0 radical (unpaired) electrons. The molecular formula is C15H16N4. The normalized spacial score (nSPS) is 10.9. The summed E-state index contributed by atoms with van der Waals surface area (Å²) < 4.78 is 1.80. The van der Waals surface area contributed by atoms with Gasteiger partial charge >= 0.3 is 0 Å². The van der Waals surface area contributed by atoms with E-state index in [1.807, 2.05) is 51.9 Å². The average molecular weight is 252 g/mol. The number of nitrogens with zero attached hydrogens (tertiary/aromatic N) is 4. The number of pyridine rings is 1. The standard InChI is InChI=1S/C15H16N4/c1-18(2)15-6-4-5-14-13(15)7-11(8-16-14)12-9-17-19(3)10-12/h4-10H,1-3H3. The molecule has 96 valence electrons. The second kappa shape index (κ2) is 4.39. The van der Waals surface area contributed by atoms with Crippen molar-refractivity contribution in [1.29, 1.82) is 0 Å². The number of benzene rings is 1. The largest absolute Gasteiger partial charge is 0.377 e. The van der Waals surface area contributed by atoms with Gasteiger partial charge in [-0.1, -0.05) is 6.07 Å². The lowest BCUT2D eigenvalue weighted by Crippen LogP contribution is -2.09. The van der Waals surface area contributed by atoms with Crippen molar-refractivity contribution in [2.45, 2.75) is 0 Å². The number of aromatic nitrogens is 3. The van der Waals surface area contributed by atoms with Gasteiger partial charge in [0.1, 0.15) is 0 Å². The first-order chi connectivity index (χ1) is 9.15. The Bertz CT molecular complexity index is 728. The summed E-state index contributed by atoms with van der Waals surface area (Å²) in [7, 11) is 6.01. The second-order valence-corrected chi connectivity index (χ2v) is 4.86. The zero-order valence-electron chi connectivity index (χ0n) is 11.3. The van der Waals surface area contributed by atoms with Gasteiger partial charge < -0.3 is 4.90 Å². The van der Waals surface area contributed by atoms with E-state index in [4.69, 9.17) is 0 Å². The Morgan fingerprint density at radius 3 is 2.63 bits per heavy atom. The minimum atomic E-state index is 1.01. The van der Waals surface area contributed by atoms with Gasteiger partial charge in [0.25, 0.3) is 0 Å². The fourth-order valence-corrected chi connectivity index (χ4v) is 2.25. The summed E-state index contributed by atoms with van der Waals surface area (Å²) in [6, 6.07) is 8.36. The number of hydrogen-bond donors (Lipinski definition) is 0. The van der Waals surface area contributed by atoms with E-state index < -0.39 is 0 Å². The van der Waals surface area contributed by atoms with Crippen LogP contribution >= 0.6 is 0 Å². The van der Waals surface area contributed by atoms with Gasteiger partial charge in [-0.3, -0.25) is 9.67 Å². The number of anilines is 1. The maximum atomic E-state index is 4.55. The van der Waals surface area contributed by atoms with Crippen LogP contribution < -0.4 is 4.90 Å². The molecular weight excluding hydrogens is 236 g/mol. The van der Waals surface area contributed by atoms with E-state index in [1.165, 1.54) is 5.69 Å². The first kappa shape index (κ1) is 11.7. The first-order valence-electron chi connectivity index (χ1n) is 6.20. The number of aryl methyl sites for hydroxylation is 1. The molecule has 0 atom stereocenters. The molecule has 2 aromatic heterocycles. The van der Waals surface area contributed by atoms with Crippen LogP contribution in [0.3, 0.4) is 0 Å². The molecule has 19 heavy (non-hydrogen) atoms. The summed E-state index contributed by atoms with van der Waals surface area (Å²) in [4.78, 5) is 6.65. The Morgan fingerprint density at radius 1 is 1.11 bits per heavy atom. The molecule has 0 fully saturated rings. The van der Waals surface area contributed by atoms with Crippen LogP contribution in [0.2, 0.25) is 0 Å². The van der Waals surface area contributed by atoms with Crippen LogP contribution in [0.25, 0.3) is 22.0 Å². The highest BCUT2D eigenvalue weighted by Gasteiger charge is 2.07. The van der Waals surface area contributed by atoms with Gasteiger partial charge in [0, 0.05) is 55.7 Å². The maximum absolute atomic E-state index is 4.55. The van der Waals surface area contributed by atoms with Crippen LogP contribution in [0.1, 0.15) is 0 Å². The molecule has 1 aromatic carbocycles. The van der Waals surface area contributed by atoms with Crippen molar-refractivity contribution < 1.29 is 0 Å². The number of hydrogen-bond acceptors (Lipinski definition) is 3. The predicted octanol–water partition coefficient (Wildman–Crippen LogP) is 2.70. The zero-order valence-corrected chi connectivity index (χ0v) is 11.3. The summed E-state index contributed by atoms with van der Waals surface area (Å²) in [6.45, 7) is 0. The van der Waals surface area contributed by atoms with Gasteiger partial charge in [0.15, 0.2) is 0 Å². The van der Waals surface area contributed by atoms with Crippen LogP contribution in [0.15, 0.2) is 42.9 Å². The van der Waals surface area contributed by atoms with Crippen molar-refractivity contribution in [1.82, 2.24) is 14.8 Å². The molecule has 0 saturated heterocycles. The molecule has 0 aliphatic carbocycles. The highest BCUT2D eigenvalue weighted by Crippen LogP contribution is 2.28. The van der Waals surface area contributed by atoms with E-state index in [2.05, 4.69) is 27.1 Å². The van der Waals surface area contributed by atoms with E-state index in [9.17, 15) is 0 Å². The summed E-state index contributed by atoms with van der Waals surface area (Å²) in [5.74, 6) is 0. The molecule has 2 heterocycles. The van der Waals surface area contributed by atoms with Crippen molar-refractivity contribution in [2.75, 3.05) is 19.0 Å². The monoisotopic (exact) mass is 252 g/mol. The van der Waals surface area contributed by atoms with E-state index in [0.29, 0.717) is 0 Å². The molecule has 3 aromatic rings. The van der Waals surface area contributed by atoms with Gasteiger partial charge in [-0.2, -0.15) is 5.10 Å². The lowest BCUT2D eigenvalue weighted by atomic mass is 10.1. The minimum Gasteiger partial charge on any atom is -0.377 e. The lowest BCUT2D eigenvalue weighted by Gasteiger charge is -2.15. The van der Waals surface area contributed by atoms with E-state index in [0.717, 1.165) is 22.0 Å². The lowest BCUT2D eigenvalue weighted by molar-refractivity contribution is 0.768. The molecule has 0 aliphatic heterocycles. The van der Waals surface area contributed by atoms with Crippen molar-refractivity contribution in [3.05, 3.63) is 42.9 Å². The van der Waals surface area contributed by atoms with Crippen molar-refractivity contribution in [3.8, 4) is 11.1 Å². The average Bonchev–Trinajstić information content (AvgIpc) is 2.84. The third-order valence-corrected chi connectivity index (χ3v) is 3.22. The van der Waals surface area contributed by atoms with Crippen molar-refractivity contribution in [2.24, 2.45) is 7.05 Å². The fourth-order valence-electron chi connectivity index (χ4n) is 2.25. The highest BCUT2D eigenvalue weighted by atomic mass is 15.2. The molecule has 0 aliphatic rings. The van der Waals surface area contributed by atoms with E-state index >= 15 is 0 Å². The molecule has 0 bridgehead atoms. The minimum absolute atomic E-state index is 1.01. The Balaban J connectivity index is 2.21. The molecule has 0 unspecified atom stereocenters. The first-order valence-corrected chi connectivity index (χ1v) is 6.20. The highest BCUT2D eigenvalue weighted by molar-refractivity contribution is 5.94. The van der Waals surface area contributed by atoms with Crippen LogP contribution in [0.5, 0.6) is 0 Å². The van der Waals surface area contributed by atoms with Gasteiger partial charge in [-0.25, -0.2) is 0 Å². The smallest absolute Gasteiger partial charge is 0.0723 e. The summed E-state index contributed by atoms with van der Waals surface area (Å²) in [5.41, 5.74) is 4.37. The summed E-state index contributed by atoms with van der Waals surface area (Å²) in [5, 5.41) is 5.37. The maximum Gasteiger partial charge on any atom is 0.0723 e. The number of rotatable bonds is 2. The second-order valence-electron chi connectivity index (χ2n) is 4.86. The molecule has 0 spiro atoms. The van der Waals surface area contributed by atoms with Crippen LogP contribution in [0, 0.1) is 0 Å². The zero-order chi connectivity index (χ0) is 13.4. The molecule has 0 N–H and O–H groups in total. The SMILES string of the molecule is CN(C)c1cccc2ncc(-c3cnn(C)c3)cc12. The van der Waals surface area contributed by atoms with Gasteiger partial charge in [-0.15, -0.1) is 0 Å². The summed E-state index contributed by atoms with van der Waals surface area (Å²) >= 11 is 0. The van der Waals surface area contributed by atoms with Gasteiger partial charge in [0.05, 0.1) is 11.7 Å². The third kappa shape index (κ3) is 2.05.